The van der Waals surface area contributed by atoms with Gasteiger partial charge in [0.1, 0.15) is 0 Å². The number of esters is 2. The molecule has 1 spiro atoms. The first-order valence-electron chi connectivity index (χ1n) is 9.82. The molecule has 1 heterocycles. The van der Waals surface area contributed by atoms with E-state index in [1.807, 2.05) is 20.8 Å². The minimum atomic E-state index is -0.897. The zero-order chi connectivity index (χ0) is 20.5. The Morgan fingerprint density at radius 3 is 2.50 bits per heavy atom. The predicted molar refractivity (Wildman–Crippen MR) is 110 cm³/mol. The quantitative estimate of drug-likeness (QED) is 0.529. The molecule has 0 aromatic heterocycles. The summed E-state index contributed by atoms with van der Waals surface area (Å²) in [5, 5.41) is 0.928. The average Bonchev–Trinajstić information content (AvgIpc) is 2.64. The molecule has 1 saturated carbocycles. The SMILES string of the molecule is CCC(C)(C)C(=O)OC1=C(c2ccc(Cl)cc2Cl)CC(=O)OC12CCCCC2. The van der Waals surface area contributed by atoms with Crippen LogP contribution < -0.4 is 0 Å². The van der Waals surface area contributed by atoms with Gasteiger partial charge >= 0.3 is 11.9 Å². The van der Waals surface area contributed by atoms with Crippen LogP contribution in [0.5, 0.6) is 0 Å². The summed E-state index contributed by atoms with van der Waals surface area (Å²) in [4.78, 5) is 25.5. The first kappa shape index (κ1) is 21.2. The molecule has 152 valence electrons. The zero-order valence-electron chi connectivity index (χ0n) is 16.6. The average molecular weight is 425 g/mol. The molecule has 0 bridgehead atoms. The van der Waals surface area contributed by atoms with Gasteiger partial charge < -0.3 is 9.47 Å². The molecule has 2 aliphatic rings. The molecular formula is C22H26Cl2O4. The van der Waals surface area contributed by atoms with Crippen LogP contribution in [0.1, 0.15) is 71.3 Å². The van der Waals surface area contributed by atoms with Gasteiger partial charge in [0, 0.05) is 21.2 Å². The van der Waals surface area contributed by atoms with Crippen LogP contribution in [-0.4, -0.2) is 17.5 Å². The van der Waals surface area contributed by atoms with E-state index in [1.54, 1.807) is 18.2 Å². The molecule has 1 aliphatic carbocycles. The third-order valence-corrected chi connectivity index (χ3v) is 6.41. The predicted octanol–water partition coefficient (Wildman–Crippen LogP) is 6.33. The van der Waals surface area contributed by atoms with Crippen LogP contribution in [0, 0.1) is 5.41 Å². The van der Waals surface area contributed by atoms with Crippen molar-refractivity contribution in [1.29, 1.82) is 0 Å². The molecule has 0 atom stereocenters. The molecule has 0 radical (unpaired) electrons. The van der Waals surface area contributed by atoms with Crippen LogP contribution in [0.2, 0.25) is 10.0 Å². The van der Waals surface area contributed by atoms with Crippen molar-refractivity contribution >= 4 is 40.7 Å². The Bertz CT molecular complexity index is 820. The van der Waals surface area contributed by atoms with E-state index in [4.69, 9.17) is 32.7 Å². The van der Waals surface area contributed by atoms with Gasteiger partial charge in [0.2, 0.25) is 0 Å². The number of rotatable bonds is 4. The summed E-state index contributed by atoms with van der Waals surface area (Å²) in [6.45, 7) is 5.66. The number of hydrogen-bond donors (Lipinski definition) is 0. The second-order valence-electron chi connectivity index (χ2n) is 8.26. The van der Waals surface area contributed by atoms with Crippen molar-refractivity contribution in [3.8, 4) is 0 Å². The van der Waals surface area contributed by atoms with Crippen LogP contribution in [0.25, 0.3) is 5.57 Å². The fraction of sp³-hybridized carbons (Fsp3) is 0.545. The van der Waals surface area contributed by atoms with Gasteiger partial charge in [-0.25, -0.2) is 0 Å². The summed E-state index contributed by atoms with van der Waals surface area (Å²) < 4.78 is 11.9. The molecular weight excluding hydrogens is 399 g/mol. The van der Waals surface area contributed by atoms with Crippen molar-refractivity contribution in [2.75, 3.05) is 0 Å². The lowest BCUT2D eigenvalue weighted by Crippen LogP contribution is -2.45. The summed E-state index contributed by atoms with van der Waals surface area (Å²) in [5.41, 5.74) is -0.255. The van der Waals surface area contributed by atoms with Gasteiger partial charge in [-0.2, -0.15) is 0 Å². The fourth-order valence-electron chi connectivity index (χ4n) is 3.73. The van der Waals surface area contributed by atoms with E-state index in [2.05, 4.69) is 0 Å². The summed E-state index contributed by atoms with van der Waals surface area (Å²) in [7, 11) is 0. The second-order valence-corrected chi connectivity index (χ2v) is 9.11. The minimum Gasteiger partial charge on any atom is -0.451 e. The highest BCUT2D eigenvalue weighted by atomic mass is 35.5. The van der Waals surface area contributed by atoms with E-state index in [0.717, 1.165) is 19.3 Å². The Morgan fingerprint density at radius 1 is 1.21 bits per heavy atom. The van der Waals surface area contributed by atoms with Gasteiger partial charge in [-0.15, -0.1) is 0 Å². The van der Waals surface area contributed by atoms with E-state index in [1.165, 1.54) is 0 Å². The van der Waals surface area contributed by atoms with Crippen molar-refractivity contribution < 1.29 is 19.1 Å². The molecule has 1 aromatic carbocycles. The van der Waals surface area contributed by atoms with Crippen LogP contribution in [0.3, 0.4) is 0 Å². The second kappa shape index (κ2) is 8.08. The maximum absolute atomic E-state index is 12.9. The first-order chi connectivity index (χ1) is 13.2. The monoisotopic (exact) mass is 424 g/mol. The normalized spacial score (nSPS) is 19.5. The van der Waals surface area contributed by atoms with Crippen molar-refractivity contribution in [1.82, 2.24) is 0 Å². The van der Waals surface area contributed by atoms with Crippen molar-refractivity contribution in [2.24, 2.45) is 5.41 Å². The summed E-state index contributed by atoms with van der Waals surface area (Å²) in [6.07, 6.45) is 4.82. The van der Waals surface area contributed by atoms with E-state index in [-0.39, 0.29) is 18.4 Å². The highest BCUT2D eigenvalue weighted by Gasteiger charge is 2.48. The number of hydrogen-bond acceptors (Lipinski definition) is 4. The Labute approximate surface area is 176 Å². The van der Waals surface area contributed by atoms with E-state index < -0.39 is 11.0 Å². The molecule has 6 heteroatoms. The highest BCUT2D eigenvalue weighted by Crippen LogP contribution is 2.47. The number of ether oxygens (including phenoxy) is 2. The Hall–Kier alpha value is -1.52. The van der Waals surface area contributed by atoms with E-state index in [9.17, 15) is 9.59 Å². The molecule has 28 heavy (non-hydrogen) atoms. The number of benzene rings is 1. The number of carbonyl (C=O) groups excluding carboxylic acids is 2. The van der Waals surface area contributed by atoms with Gasteiger partial charge in [-0.05, 0) is 58.1 Å². The lowest BCUT2D eigenvalue weighted by Gasteiger charge is -2.42. The van der Waals surface area contributed by atoms with Gasteiger partial charge in [0.15, 0.2) is 11.4 Å². The van der Waals surface area contributed by atoms with Gasteiger partial charge in [0.25, 0.3) is 0 Å². The standard InChI is InChI=1S/C22H26Cl2O4/c1-4-21(2,3)20(26)27-19-16(15-9-8-14(23)12-17(15)24)13-18(25)28-22(19)10-6-5-7-11-22/h8-9,12H,4-7,10-11,13H2,1-3H3. The highest BCUT2D eigenvalue weighted by molar-refractivity contribution is 6.35. The van der Waals surface area contributed by atoms with Gasteiger partial charge in [-0.1, -0.05) is 42.6 Å². The van der Waals surface area contributed by atoms with Crippen LogP contribution in [0.4, 0.5) is 0 Å². The smallest absolute Gasteiger partial charge is 0.316 e. The third-order valence-electron chi connectivity index (χ3n) is 5.87. The molecule has 0 N–H and O–H groups in total. The first-order valence-corrected chi connectivity index (χ1v) is 10.6. The van der Waals surface area contributed by atoms with Crippen LogP contribution in [0.15, 0.2) is 24.0 Å². The largest absolute Gasteiger partial charge is 0.451 e. The Morgan fingerprint density at radius 2 is 1.89 bits per heavy atom. The molecule has 1 aliphatic heterocycles. The molecule has 3 rings (SSSR count). The van der Waals surface area contributed by atoms with Crippen LogP contribution >= 0.6 is 23.2 Å². The molecule has 0 unspecified atom stereocenters. The molecule has 0 saturated heterocycles. The zero-order valence-corrected chi connectivity index (χ0v) is 18.1. The molecule has 1 fully saturated rings. The summed E-state index contributed by atoms with van der Waals surface area (Å²) in [5.74, 6) is -0.199. The maximum atomic E-state index is 12.9. The van der Waals surface area contributed by atoms with E-state index in [0.29, 0.717) is 46.2 Å². The summed E-state index contributed by atoms with van der Waals surface area (Å²) >= 11 is 12.5. The summed E-state index contributed by atoms with van der Waals surface area (Å²) in [6, 6.07) is 5.13. The van der Waals surface area contributed by atoms with Gasteiger partial charge in [-0.3, -0.25) is 9.59 Å². The van der Waals surface area contributed by atoms with Crippen LogP contribution in [-0.2, 0) is 19.1 Å². The van der Waals surface area contributed by atoms with Crippen molar-refractivity contribution in [2.45, 2.75) is 71.3 Å². The Balaban J connectivity index is 2.16. The molecule has 4 nitrogen and oxygen atoms in total. The number of halogens is 2. The number of carbonyl (C=O) groups is 2. The molecule has 0 amide bonds. The van der Waals surface area contributed by atoms with Gasteiger partial charge in [0.05, 0.1) is 11.8 Å². The lowest BCUT2D eigenvalue weighted by atomic mass is 9.78. The fourth-order valence-corrected chi connectivity index (χ4v) is 4.26. The third kappa shape index (κ3) is 4.08. The minimum absolute atomic E-state index is 0.0122. The maximum Gasteiger partial charge on any atom is 0.316 e. The van der Waals surface area contributed by atoms with Crippen molar-refractivity contribution in [3.05, 3.63) is 39.6 Å². The Kier molecular flexibility index (Phi) is 6.11. The van der Waals surface area contributed by atoms with E-state index >= 15 is 0 Å². The topological polar surface area (TPSA) is 52.6 Å². The van der Waals surface area contributed by atoms with Crippen molar-refractivity contribution in [3.63, 3.8) is 0 Å². The molecule has 1 aromatic rings. The lowest BCUT2D eigenvalue weighted by molar-refractivity contribution is -0.171.